The number of pyridine rings is 1. The highest BCUT2D eigenvalue weighted by Crippen LogP contribution is 2.44. The molecule has 10 heteroatoms. The van der Waals surface area contributed by atoms with E-state index in [0.717, 1.165) is 65.3 Å². The average molecular weight is 466 g/mol. The van der Waals surface area contributed by atoms with Crippen LogP contribution in [0, 0.1) is 0 Å². The van der Waals surface area contributed by atoms with E-state index in [1.807, 2.05) is 13.8 Å². The molecule has 0 atom stereocenters. The normalized spacial score (nSPS) is 17.5. The van der Waals surface area contributed by atoms with Crippen LogP contribution in [0.4, 0.5) is 10.5 Å². The molecule has 2 amide bonds. The zero-order valence-corrected chi connectivity index (χ0v) is 20.1. The number of nitrogens with one attached hydrogen (secondary N) is 2. The number of anilines is 1. The van der Waals surface area contributed by atoms with Crippen LogP contribution in [-0.4, -0.2) is 25.3 Å². The minimum absolute atomic E-state index is 0.0328. The zero-order chi connectivity index (χ0) is 22.6. The van der Waals surface area contributed by atoms with E-state index in [2.05, 4.69) is 28.9 Å². The lowest BCUT2D eigenvalue weighted by atomic mass is 9.90. The summed E-state index contributed by atoms with van der Waals surface area (Å²) in [5, 5.41) is 19.4. The number of carbonyl (C=O) groups is 1. The van der Waals surface area contributed by atoms with E-state index in [-0.39, 0.29) is 27.8 Å². The first-order valence-electron chi connectivity index (χ1n) is 10.7. The Morgan fingerprint density at radius 1 is 1.26 bits per heavy atom. The van der Waals surface area contributed by atoms with Gasteiger partial charge in [-0.05, 0) is 43.2 Å². The second-order valence-corrected chi connectivity index (χ2v) is 12.6. The maximum atomic E-state index is 13.3. The number of thiazole rings is 1. The third-order valence-electron chi connectivity index (χ3n) is 6.11. The van der Waals surface area contributed by atoms with E-state index in [1.165, 1.54) is 11.3 Å². The van der Waals surface area contributed by atoms with Crippen LogP contribution >= 0.6 is 11.3 Å². The maximum Gasteiger partial charge on any atom is 0.330 e. The largest absolute Gasteiger partial charge is 0.390 e. The Morgan fingerprint density at radius 3 is 2.68 bits per heavy atom. The number of nitrogens with zero attached hydrogens (tertiary/aromatic N) is 2. The molecule has 2 aromatic heterocycles. The highest BCUT2D eigenvalue weighted by Gasteiger charge is 2.36. The first-order chi connectivity index (χ1) is 14.5. The molecule has 0 saturated heterocycles. The number of nitrogens with two attached hydrogens (primary N) is 1. The van der Waals surface area contributed by atoms with Gasteiger partial charge in [-0.1, -0.05) is 27.7 Å². The Kier molecular flexibility index (Phi) is 5.70. The van der Waals surface area contributed by atoms with Crippen LogP contribution < -0.4 is 15.2 Å². The lowest BCUT2D eigenvalue weighted by molar-refractivity contribution is 0.256. The summed E-state index contributed by atoms with van der Waals surface area (Å²) in [4.78, 5) is 22.2. The molecule has 0 bridgehead atoms. The molecule has 2 heterocycles. The molecule has 2 aliphatic rings. The van der Waals surface area contributed by atoms with Crippen LogP contribution in [0.5, 0.6) is 0 Å². The standard InChI is InChI=1S/C21H31N5O3S2/c1-11(2)18-24-15(10-27)19(30-18)31(22,29)26-20(28)25-16-12-6-5-7-14(12)23-17-13(16)8-9-21(17,3)4/h11,27,31H,5-10H2,1-4H3,(H4,22,23,25,26,28,29). The predicted octanol–water partition coefficient (Wildman–Crippen LogP) is 2.85. The summed E-state index contributed by atoms with van der Waals surface area (Å²) in [5.74, 6) is 0.100. The molecule has 0 spiro atoms. The van der Waals surface area contributed by atoms with Crippen molar-refractivity contribution in [1.82, 2.24) is 14.7 Å². The molecule has 31 heavy (non-hydrogen) atoms. The summed E-state index contributed by atoms with van der Waals surface area (Å²) in [7, 11) is -3.76. The van der Waals surface area contributed by atoms with Crippen molar-refractivity contribution in [3.8, 4) is 0 Å². The van der Waals surface area contributed by atoms with Gasteiger partial charge in [-0.15, -0.1) is 11.3 Å². The zero-order valence-electron chi connectivity index (χ0n) is 18.4. The summed E-state index contributed by atoms with van der Waals surface area (Å²) in [6, 6.07) is -0.610. The van der Waals surface area contributed by atoms with E-state index >= 15 is 0 Å². The van der Waals surface area contributed by atoms with Gasteiger partial charge in [0.05, 0.1) is 28.7 Å². The molecule has 0 radical (unpaired) electrons. The molecule has 0 aromatic carbocycles. The van der Waals surface area contributed by atoms with Gasteiger partial charge in [0.1, 0.15) is 4.21 Å². The number of hydrogen-bond donors (Lipinski definition) is 5. The number of thiol groups is 1. The van der Waals surface area contributed by atoms with Crippen LogP contribution in [0.15, 0.2) is 4.21 Å². The molecule has 5 N–H and O–H groups in total. The number of aryl methyl sites for hydroxylation is 1. The number of carbonyl (C=O) groups excluding carboxylic acids is 1. The highest BCUT2D eigenvalue weighted by atomic mass is 32.3. The van der Waals surface area contributed by atoms with Gasteiger partial charge in [0.15, 0.2) is 0 Å². The molecular weight excluding hydrogens is 434 g/mol. The summed E-state index contributed by atoms with van der Waals surface area (Å²) in [5.41, 5.74) is 5.27. The predicted molar refractivity (Wildman–Crippen MR) is 124 cm³/mol. The SMILES string of the molecule is CC(C)c1nc(CO)c([SH](N)(=O)NC(=O)Nc2c3c(nc4c2CCC4(C)C)CCC3)s1. The fourth-order valence-electron chi connectivity index (χ4n) is 4.45. The van der Waals surface area contributed by atoms with Crippen LogP contribution in [0.3, 0.4) is 0 Å². The van der Waals surface area contributed by atoms with Gasteiger partial charge in [-0.25, -0.2) is 14.0 Å². The Morgan fingerprint density at radius 2 is 2.00 bits per heavy atom. The minimum Gasteiger partial charge on any atom is -0.390 e. The van der Waals surface area contributed by atoms with Crippen molar-refractivity contribution >= 4 is 33.4 Å². The molecule has 2 aliphatic carbocycles. The number of rotatable bonds is 5. The molecule has 0 unspecified atom stereocenters. The van der Waals surface area contributed by atoms with Crippen LogP contribution in [0.25, 0.3) is 0 Å². The maximum absolute atomic E-state index is 13.3. The molecular formula is C21H31N5O3S2. The molecule has 170 valence electrons. The van der Waals surface area contributed by atoms with Crippen LogP contribution in [-0.2, 0) is 41.6 Å². The fraction of sp³-hybridized carbons (Fsp3) is 0.571. The van der Waals surface area contributed by atoms with E-state index in [4.69, 9.17) is 10.1 Å². The second kappa shape index (κ2) is 7.91. The molecule has 0 saturated carbocycles. The highest BCUT2D eigenvalue weighted by molar-refractivity contribution is 8.01. The number of aromatic nitrogens is 2. The molecule has 2 aromatic rings. The van der Waals surface area contributed by atoms with Crippen molar-refractivity contribution in [2.45, 2.75) is 81.9 Å². The van der Waals surface area contributed by atoms with Gasteiger partial charge >= 0.3 is 6.03 Å². The number of urea groups is 1. The summed E-state index contributed by atoms with van der Waals surface area (Å²) in [6.45, 7) is 7.88. The van der Waals surface area contributed by atoms with Gasteiger partial charge in [-0.3, -0.25) is 14.8 Å². The van der Waals surface area contributed by atoms with Gasteiger partial charge in [0.25, 0.3) is 0 Å². The number of fused-ring (bicyclic) bond motifs is 2. The lowest BCUT2D eigenvalue weighted by Gasteiger charge is -2.23. The fourth-order valence-corrected chi connectivity index (χ4v) is 7.19. The average Bonchev–Trinajstić information content (AvgIpc) is 3.39. The smallest absolute Gasteiger partial charge is 0.330 e. The third-order valence-corrected chi connectivity index (χ3v) is 9.80. The van der Waals surface area contributed by atoms with Crippen molar-refractivity contribution < 1.29 is 14.1 Å². The van der Waals surface area contributed by atoms with Gasteiger partial charge in [-0.2, -0.15) is 0 Å². The Hall–Kier alpha value is -1.88. The number of aliphatic hydroxyl groups is 1. The van der Waals surface area contributed by atoms with Crippen LogP contribution in [0.1, 0.15) is 79.7 Å². The quantitative estimate of drug-likeness (QED) is 0.434. The first kappa shape index (κ1) is 22.3. The Labute approximate surface area is 187 Å². The summed E-state index contributed by atoms with van der Waals surface area (Å²) in [6.07, 6.45) is 4.61. The van der Waals surface area contributed by atoms with Crippen molar-refractivity contribution in [2.24, 2.45) is 5.14 Å². The van der Waals surface area contributed by atoms with E-state index in [1.54, 1.807) is 0 Å². The van der Waals surface area contributed by atoms with Crippen molar-refractivity contribution in [3.63, 3.8) is 0 Å². The summed E-state index contributed by atoms with van der Waals surface area (Å²) < 4.78 is 16.0. The van der Waals surface area contributed by atoms with Crippen LogP contribution in [0.2, 0.25) is 0 Å². The number of aliphatic hydroxyl groups excluding tert-OH is 1. The van der Waals surface area contributed by atoms with Gasteiger partial charge < -0.3 is 10.4 Å². The van der Waals surface area contributed by atoms with Crippen molar-refractivity contribution in [3.05, 3.63) is 33.2 Å². The van der Waals surface area contributed by atoms with Crippen molar-refractivity contribution in [2.75, 3.05) is 5.32 Å². The van der Waals surface area contributed by atoms with Gasteiger partial charge in [0.2, 0.25) is 0 Å². The number of amides is 2. The molecule has 0 aliphatic heterocycles. The third kappa shape index (κ3) is 4.02. The van der Waals surface area contributed by atoms with Crippen molar-refractivity contribution in [1.29, 1.82) is 0 Å². The lowest BCUT2D eigenvalue weighted by Crippen LogP contribution is -2.45. The molecule has 8 nitrogen and oxygen atoms in total. The Bertz CT molecular complexity index is 1090. The van der Waals surface area contributed by atoms with E-state index in [0.29, 0.717) is 0 Å². The first-order valence-corrected chi connectivity index (χ1v) is 13.3. The second-order valence-electron chi connectivity index (χ2n) is 9.32. The molecule has 0 fully saturated rings. The monoisotopic (exact) mass is 465 g/mol. The topological polar surface area (TPSA) is 130 Å². The molecule has 4 rings (SSSR count). The minimum atomic E-state index is -3.76. The number of hydrogen-bond acceptors (Lipinski definition) is 6. The summed E-state index contributed by atoms with van der Waals surface area (Å²) >= 11 is 1.18. The van der Waals surface area contributed by atoms with Gasteiger partial charge in [0, 0.05) is 27.3 Å². The van der Waals surface area contributed by atoms with E-state index < -0.39 is 16.3 Å². The Balaban J connectivity index is 1.63. The van der Waals surface area contributed by atoms with E-state index in [9.17, 15) is 14.1 Å².